The fourth-order valence-electron chi connectivity index (χ4n) is 3.58. The van der Waals surface area contributed by atoms with E-state index in [9.17, 15) is 22.8 Å². The molecular weight excluding hydrogens is 411 g/mol. The second-order valence-electron chi connectivity index (χ2n) is 8.55. The zero-order valence-corrected chi connectivity index (χ0v) is 17.9. The first kappa shape index (κ1) is 22.8. The number of amides is 2. The molecule has 1 aromatic heterocycles. The monoisotopic (exact) mass is 437 g/mol. The summed E-state index contributed by atoms with van der Waals surface area (Å²) in [7, 11) is 1.48. The average Bonchev–Trinajstić information content (AvgIpc) is 2.88. The van der Waals surface area contributed by atoms with Gasteiger partial charge in [0.1, 0.15) is 17.7 Å². The first-order valence-corrected chi connectivity index (χ1v) is 10.0. The van der Waals surface area contributed by atoms with Gasteiger partial charge in [-0.25, -0.2) is 18.2 Å². The van der Waals surface area contributed by atoms with Crippen molar-refractivity contribution in [2.75, 3.05) is 13.6 Å². The molecule has 1 aromatic carbocycles. The molecule has 0 saturated heterocycles. The van der Waals surface area contributed by atoms with E-state index < -0.39 is 34.8 Å². The number of imidazole rings is 1. The van der Waals surface area contributed by atoms with Crippen LogP contribution in [0, 0.1) is 22.9 Å². The maximum absolute atomic E-state index is 14.5. The van der Waals surface area contributed by atoms with Gasteiger partial charge in [-0.3, -0.25) is 9.59 Å². The van der Waals surface area contributed by atoms with Gasteiger partial charge in [0.2, 0.25) is 5.91 Å². The predicted molar refractivity (Wildman–Crippen MR) is 109 cm³/mol. The summed E-state index contributed by atoms with van der Waals surface area (Å²) in [5.41, 5.74) is -0.329. The Kier molecular flexibility index (Phi) is 6.40. The van der Waals surface area contributed by atoms with E-state index in [1.165, 1.54) is 7.05 Å². The molecule has 168 valence electrons. The van der Waals surface area contributed by atoms with E-state index in [4.69, 9.17) is 0 Å². The molecule has 0 bridgehead atoms. The first-order chi connectivity index (χ1) is 14.5. The van der Waals surface area contributed by atoms with E-state index in [0.29, 0.717) is 31.3 Å². The number of hydrogen-bond acceptors (Lipinski definition) is 4. The molecule has 1 aliphatic heterocycles. The smallest absolute Gasteiger partial charge is 0.272 e. The molecule has 2 amide bonds. The normalized spacial score (nSPS) is 15.1. The zero-order valence-electron chi connectivity index (χ0n) is 17.9. The van der Waals surface area contributed by atoms with Crippen LogP contribution < -0.4 is 16.0 Å². The molecule has 0 saturated carbocycles. The molecule has 31 heavy (non-hydrogen) atoms. The third-order valence-corrected chi connectivity index (χ3v) is 5.22. The van der Waals surface area contributed by atoms with Crippen molar-refractivity contribution in [2.45, 2.75) is 46.3 Å². The Bertz CT molecular complexity index is 1010. The average molecular weight is 437 g/mol. The van der Waals surface area contributed by atoms with Gasteiger partial charge in [-0.15, -0.1) is 0 Å². The van der Waals surface area contributed by atoms with Crippen molar-refractivity contribution < 1.29 is 22.8 Å². The number of nitrogens with one attached hydrogen (secondary N) is 3. The SMILES string of the molecule is CNC(=O)[C@@H](NC(=O)c1nc(-c2cc(F)c(F)cc2F)n2c1CNCCC2)C(C)(C)C. The number of halogens is 3. The van der Waals surface area contributed by atoms with Crippen LogP contribution in [0.5, 0.6) is 0 Å². The van der Waals surface area contributed by atoms with Gasteiger partial charge in [-0.05, 0) is 24.4 Å². The van der Waals surface area contributed by atoms with Gasteiger partial charge in [0.15, 0.2) is 17.3 Å². The van der Waals surface area contributed by atoms with E-state index in [2.05, 4.69) is 20.9 Å². The number of hydrogen-bond donors (Lipinski definition) is 3. The number of nitrogens with zero attached hydrogens (tertiary/aromatic N) is 2. The van der Waals surface area contributed by atoms with Crippen LogP contribution in [0.3, 0.4) is 0 Å². The Morgan fingerprint density at radius 1 is 1.16 bits per heavy atom. The lowest BCUT2D eigenvalue weighted by molar-refractivity contribution is -0.124. The maximum atomic E-state index is 14.5. The van der Waals surface area contributed by atoms with Gasteiger partial charge in [0, 0.05) is 26.2 Å². The highest BCUT2D eigenvalue weighted by molar-refractivity contribution is 5.97. The Labute approximate surface area is 178 Å². The lowest BCUT2D eigenvalue weighted by Gasteiger charge is -2.29. The molecule has 3 N–H and O–H groups in total. The van der Waals surface area contributed by atoms with Crippen LogP contribution in [0.1, 0.15) is 43.4 Å². The van der Waals surface area contributed by atoms with Crippen LogP contribution in [0.4, 0.5) is 13.2 Å². The van der Waals surface area contributed by atoms with Crippen molar-refractivity contribution in [1.29, 1.82) is 0 Å². The summed E-state index contributed by atoms with van der Waals surface area (Å²) in [6.45, 7) is 6.78. The molecule has 2 aromatic rings. The summed E-state index contributed by atoms with van der Waals surface area (Å²) in [5.74, 6) is -4.43. The van der Waals surface area contributed by atoms with Gasteiger partial charge in [-0.2, -0.15) is 0 Å². The molecule has 1 atom stereocenters. The van der Waals surface area contributed by atoms with Crippen molar-refractivity contribution in [3.63, 3.8) is 0 Å². The van der Waals surface area contributed by atoms with Gasteiger partial charge < -0.3 is 20.5 Å². The molecule has 3 rings (SSSR count). The van der Waals surface area contributed by atoms with Crippen LogP contribution in [0.25, 0.3) is 11.4 Å². The van der Waals surface area contributed by atoms with E-state index in [-0.39, 0.29) is 29.5 Å². The van der Waals surface area contributed by atoms with Gasteiger partial charge in [-0.1, -0.05) is 20.8 Å². The lowest BCUT2D eigenvalue weighted by Crippen LogP contribution is -2.53. The minimum Gasteiger partial charge on any atom is -0.357 e. The number of carbonyl (C=O) groups is 2. The third-order valence-electron chi connectivity index (χ3n) is 5.22. The molecule has 0 spiro atoms. The minimum atomic E-state index is -1.30. The fraction of sp³-hybridized carbons (Fsp3) is 0.476. The zero-order chi connectivity index (χ0) is 22.9. The second-order valence-corrected chi connectivity index (χ2v) is 8.55. The molecular formula is C21H26F3N5O2. The highest BCUT2D eigenvalue weighted by atomic mass is 19.2. The summed E-state index contributed by atoms with van der Waals surface area (Å²) in [5, 5.41) is 8.41. The number of aromatic nitrogens is 2. The first-order valence-electron chi connectivity index (χ1n) is 10.0. The Morgan fingerprint density at radius 3 is 2.48 bits per heavy atom. The van der Waals surface area contributed by atoms with E-state index in [1.807, 2.05) is 20.8 Å². The topological polar surface area (TPSA) is 88.1 Å². The van der Waals surface area contributed by atoms with E-state index in [1.54, 1.807) is 4.57 Å². The van der Waals surface area contributed by atoms with E-state index >= 15 is 0 Å². The van der Waals surface area contributed by atoms with Gasteiger partial charge in [0.05, 0.1) is 11.3 Å². The maximum Gasteiger partial charge on any atom is 0.272 e. The molecule has 10 heteroatoms. The molecule has 0 aliphatic carbocycles. The Balaban J connectivity index is 2.09. The molecule has 0 fully saturated rings. The van der Waals surface area contributed by atoms with Crippen molar-refractivity contribution in [3.05, 3.63) is 41.0 Å². The number of likely N-dealkylation sites (N-methyl/N-ethyl adjacent to an activating group) is 1. The summed E-state index contributed by atoms with van der Waals surface area (Å²) in [6.07, 6.45) is 0.672. The number of fused-ring (bicyclic) bond motifs is 1. The number of rotatable bonds is 4. The van der Waals surface area contributed by atoms with Gasteiger partial charge in [0.25, 0.3) is 5.91 Å². The minimum absolute atomic E-state index is 0.00619. The van der Waals surface area contributed by atoms with Crippen molar-refractivity contribution in [2.24, 2.45) is 5.41 Å². The Hall–Kier alpha value is -2.88. The molecule has 0 unspecified atom stereocenters. The Morgan fingerprint density at radius 2 is 1.84 bits per heavy atom. The van der Waals surface area contributed by atoms with Crippen LogP contribution in [0.15, 0.2) is 12.1 Å². The standard InChI is InChI=1S/C21H26F3N5O2/c1-21(2,3)17(20(31)25-4)28-19(30)16-15-10-26-6-5-7-29(15)18(27-16)11-8-13(23)14(24)9-12(11)22/h8-9,17,26H,5-7,10H2,1-4H3,(H,25,31)(H,28,30)/t17-/m1/s1. The number of carbonyl (C=O) groups excluding carboxylic acids is 2. The highest BCUT2D eigenvalue weighted by Crippen LogP contribution is 2.29. The quantitative estimate of drug-likeness (QED) is 0.641. The largest absolute Gasteiger partial charge is 0.357 e. The van der Waals surface area contributed by atoms with Crippen LogP contribution in [-0.2, 0) is 17.9 Å². The van der Waals surface area contributed by atoms with Crippen LogP contribution in [-0.4, -0.2) is 41.0 Å². The molecule has 0 radical (unpaired) electrons. The summed E-state index contributed by atoms with van der Waals surface area (Å²) in [4.78, 5) is 29.8. The predicted octanol–water partition coefficient (Wildman–Crippen LogP) is 2.35. The number of benzene rings is 1. The van der Waals surface area contributed by atoms with Crippen LogP contribution in [0.2, 0.25) is 0 Å². The summed E-state index contributed by atoms with van der Waals surface area (Å²) >= 11 is 0. The molecule has 2 heterocycles. The van der Waals surface area contributed by atoms with Crippen LogP contribution >= 0.6 is 0 Å². The van der Waals surface area contributed by atoms with Crippen molar-refractivity contribution in [3.8, 4) is 11.4 Å². The van der Waals surface area contributed by atoms with Crippen molar-refractivity contribution in [1.82, 2.24) is 25.5 Å². The summed E-state index contributed by atoms with van der Waals surface area (Å²) < 4.78 is 43.4. The highest BCUT2D eigenvalue weighted by Gasteiger charge is 2.34. The fourth-order valence-corrected chi connectivity index (χ4v) is 3.58. The van der Waals surface area contributed by atoms with Crippen molar-refractivity contribution >= 4 is 11.8 Å². The lowest BCUT2D eigenvalue weighted by atomic mass is 9.86. The molecule has 1 aliphatic rings. The van der Waals surface area contributed by atoms with Gasteiger partial charge >= 0.3 is 0 Å². The van der Waals surface area contributed by atoms with E-state index in [0.717, 1.165) is 6.07 Å². The second kappa shape index (κ2) is 8.70. The molecule has 7 nitrogen and oxygen atoms in total. The third kappa shape index (κ3) is 4.58. The summed E-state index contributed by atoms with van der Waals surface area (Å²) in [6, 6.07) is 0.356.